The van der Waals surface area contributed by atoms with E-state index in [1.807, 2.05) is 50.5 Å². The molecule has 0 fully saturated rings. The first-order chi connectivity index (χ1) is 12.1. The normalized spacial score (nSPS) is 16.9. The molecule has 126 valence electrons. The highest BCUT2D eigenvalue weighted by molar-refractivity contribution is 6.01. The van der Waals surface area contributed by atoms with E-state index in [4.69, 9.17) is 0 Å². The van der Waals surface area contributed by atoms with E-state index in [2.05, 4.69) is 47.0 Å². The minimum Gasteiger partial charge on any atom is -0.350 e. The van der Waals surface area contributed by atoms with Crippen molar-refractivity contribution in [3.63, 3.8) is 0 Å². The number of benzene rings is 2. The SMILES string of the molecule is Cc1ccccc1-n1ccc(C2N(C)C(=O)c3ccccc3N2C)c1. The molecular weight excluding hydrogens is 310 g/mol. The highest BCUT2D eigenvalue weighted by Gasteiger charge is 2.34. The Labute approximate surface area is 147 Å². The zero-order chi connectivity index (χ0) is 17.6. The van der Waals surface area contributed by atoms with Crippen molar-refractivity contribution >= 4 is 11.6 Å². The summed E-state index contributed by atoms with van der Waals surface area (Å²) in [4.78, 5) is 16.7. The van der Waals surface area contributed by atoms with E-state index in [0.29, 0.717) is 0 Å². The molecule has 0 saturated carbocycles. The van der Waals surface area contributed by atoms with Crippen molar-refractivity contribution in [1.82, 2.24) is 9.47 Å². The van der Waals surface area contributed by atoms with Crippen molar-refractivity contribution in [2.45, 2.75) is 13.1 Å². The van der Waals surface area contributed by atoms with Crippen molar-refractivity contribution in [3.8, 4) is 5.69 Å². The fourth-order valence-electron chi connectivity index (χ4n) is 3.67. The zero-order valence-corrected chi connectivity index (χ0v) is 14.7. The number of fused-ring (bicyclic) bond motifs is 1. The summed E-state index contributed by atoms with van der Waals surface area (Å²) >= 11 is 0. The first kappa shape index (κ1) is 15.5. The van der Waals surface area contributed by atoms with Crippen molar-refractivity contribution in [1.29, 1.82) is 0 Å². The molecule has 25 heavy (non-hydrogen) atoms. The molecule has 2 aromatic carbocycles. The third-order valence-corrected chi connectivity index (χ3v) is 4.98. The standard InChI is InChI=1S/C21H21N3O/c1-15-8-4-6-10-18(15)24-13-12-16(14-24)20-22(2)19-11-7-5-9-17(19)21(25)23(20)3/h4-14,20H,1-3H3. The summed E-state index contributed by atoms with van der Waals surface area (Å²) in [6.45, 7) is 2.10. The van der Waals surface area contributed by atoms with E-state index < -0.39 is 0 Å². The highest BCUT2D eigenvalue weighted by atomic mass is 16.2. The van der Waals surface area contributed by atoms with Gasteiger partial charge in [-0.1, -0.05) is 30.3 Å². The van der Waals surface area contributed by atoms with Gasteiger partial charge in [0, 0.05) is 37.7 Å². The highest BCUT2D eigenvalue weighted by Crippen LogP contribution is 2.36. The summed E-state index contributed by atoms with van der Waals surface area (Å²) in [5.41, 5.74) is 5.19. The van der Waals surface area contributed by atoms with Gasteiger partial charge in [-0.2, -0.15) is 0 Å². The van der Waals surface area contributed by atoms with Crippen LogP contribution in [0.1, 0.15) is 27.7 Å². The lowest BCUT2D eigenvalue weighted by molar-refractivity contribution is 0.0711. The molecule has 0 saturated heterocycles. The number of rotatable bonds is 2. The lowest BCUT2D eigenvalue weighted by Gasteiger charge is -2.41. The predicted molar refractivity (Wildman–Crippen MR) is 100 cm³/mol. The van der Waals surface area contributed by atoms with Crippen molar-refractivity contribution in [2.75, 3.05) is 19.0 Å². The number of aromatic nitrogens is 1. The smallest absolute Gasteiger partial charge is 0.257 e. The van der Waals surface area contributed by atoms with E-state index >= 15 is 0 Å². The fraction of sp³-hybridized carbons (Fsp3) is 0.190. The molecule has 0 radical (unpaired) electrons. The topological polar surface area (TPSA) is 28.5 Å². The predicted octanol–water partition coefficient (Wildman–Crippen LogP) is 4.01. The van der Waals surface area contributed by atoms with Gasteiger partial charge in [-0.15, -0.1) is 0 Å². The van der Waals surface area contributed by atoms with Gasteiger partial charge in [-0.3, -0.25) is 4.79 Å². The van der Waals surface area contributed by atoms with Crippen LogP contribution in [0.15, 0.2) is 67.0 Å². The lowest BCUT2D eigenvalue weighted by atomic mass is 10.0. The Bertz CT molecular complexity index is 944. The van der Waals surface area contributed by atoms with Crippen LogP contribution in [0, 0.1) is 6.92 Å². The van der Waals surface area contributed by atoms with E-state index in [1.165, 1.54) is 5.56 Å². The summed E-state index contributed by atoms with van der Waals surface area (Å²) in [7, 11) is 3.90. The number of para-hydroxylation sites is 2. The molecular formula is C21H21N3O. The molecule has 1 atom stereocenters. The average molecular weight is 331 g/mol. The van der Waals surface area contributed by atoms with Crippen LogP contribution in [0.5, 0.6) is 0 Å². The Kier molecular flexibility index (Phi) is 3.61. The van der Waals surface area contributed by atoms with Crippen LogP contribution < -0.4 is 4.90 Å². The number of carbonyl (C=O) groups excluding carboxylic acids is 1. The molecule has 4 heteroatoms. The van der Waals surface area contributed by atoms with Crippen LogP contribution >= 0.6 is 0 Å². The number of anilines is 1. The van der Waals surface area contributed by atoms with E-state index in [9.17, 15) is 4.79 Å². The second-order valence-electron chi connectivity index (χ2n) is 6.56. The van der Waals surface area contributed by atoms with Crippen LogP contribution in [0.4, 0.5) is 5.69 Å². The minimum atomic E-state index is -0.118. The first-order valence-corrected chi connectivity index (χ1v) is 8.41. The van der Waals surface area contributed by atoms with Crippen molar-refractivity contribution in [2.24, 2.45) is 0 Å². The van der Waals surface area contributed by atoms with E-state index in [0.717, 1.165) is 22.5 Å². The molecule has 0 spiro atoms. The maximum Gasteiger partial charge on any atom is 0.257 e. The van der Waals surface area contributed by atoms with Crippen LogP contribution in [-0.4, -0.2) is 29.5 Å². The lowest BCUT2D eigenvalue weighted by Crippen LogP contribution is -2.45. The molecule has 3 aromatic rings. The molecule has 2 heterocycles. The summed E-state index contributed by atoms with van der Waals surface area (Å²) in [5, 5.41) is 0. The van der Waals surface area contributed by atoms with Crippen LogP contribution in [-0.2, 0) is 0 Å². The summed E-state index contributed by atoms with van der Waals surface area (Å²) < 4.78 is 2.12. The number of amides is 1. The zero-order valence-electron chi connectivity index (χ0n) is 14.7. The number of aryl methyl sites for hydroxylation is 1. The molecule has 1 aliphatic heterocycles. The summed E-state index contributed by atoms with van der Waals surface area (Å²) in [5.74, 6) is 0.0577. The summed E-state index contributed by atoms with van der Waals surface area (Å²) in [6, 6.07) is 18.2. The Morgan fingerprint density at radius 1 is 0.840 bits per heavy atom. The van der Waals surface area contributed by atoms with Crippen molar-refractivity contribution < 1.29 is 4.79 Å². The molecule has 1 unspecified atom stereocenters. The molecule has 1 aliphatic rings. The van der Waals surface area contributed by atoms with Gasteiger partial charge in [0.05, 0.1) is 11.3 Å². The second-order valence-corrected chi connectivity index (χ2v) is 6.56. The van der Waals surface area contributed by atoms with Gasteiger partial charge in [-0.05, 0) is 36.8 Å². The van der Waals surface area contributed by atoms with E-state index in [1.54, 1.807) is 4.90 Å². The number of hydrogen-bond donors (Lipinski definition) is 0. The molecule has 0 bridgehead atoms. The maximum atomic E-state index is 12.8. The van der Waals surface area contributed by atoms with Gasteiger partial charge in [0.25, 0.3) is 5.91 Å². The van der Waals surface area contributed by atoms with Crippen LogP contribution in [0.2, 0.25) is 0 Å². The summed E-state index contributed by atoms with van der Waals surface area (Å²) in [6.07, 6.45) is 4.05. The van der Waals surface area contributed by atoms with Gasteiger partial charge >= 0.3 is 0 Å². The van der Waals surface area contributed by atoms with Crippen LogP contribution in [0.3, 0.4) is 0 Å². The van der Waals surface area contributed by atoms with Crippen molar-refractivity contribution in [3.05, 3.63) is 83.7 Å². The average Bonchev–Trinajstić information content (AvgIpc) is 3.10. The Hall–Kier alpha value is -3.01. The minimum absolute atomic E-state index is 0.0577. The molecule has 0 N–H and O–H groups in total. The number of carbonyl (C=O) groups is 1. The Balaban J connectivity index is 1.76. The van der Waals surface area contributed by atoms with Gasteiger partial charge in [0.2, 0.25) is 0 Å². The van der Waals surface area contributed by atoms with E-state index in [-0.39, 0.29) is 12.1 Å². The maximum absolute atomic E-state index is 12.8. The molecule has 1 aromatic heterocycles. The monoisotopic (exact) mass is 331 g/mol. The third-order valence-electron chi connectivity index (χ3n) is 4.98. The van der Waals surface area contributed by atoms with Crippen LogP contribution in [0.25, 0.3) is 5.69 Å². The quantitative estimate of drug-likeness (QED) is 0.710. The number of hydrogen-bond acceptors (Lipinski definition) is 2. The van der Waals surface area contributed by atoms with Gasteiger partial charge < -0.3 is 14.4 Å². The molecule has 0 aliphatic carbocycles. The molecule has 4 nitrogen and oxygen atoms in total. The Morgan fingerprint density at radius 2 is 1.52 bits per heavy atom. The molecule has 1 amide bonds. The third kappa shape index (κ3) is 2.41. The molecule has 4 rings (SSSR count). The van der Waals surface area contributed by atoms with Gasteiger partial charge in [0.1, 0.15) is 6.17 Å². The first-order valence-electron chi connectivity index (χ1n) is 8.41. The largest absolute Gasteiger partial charge is 0.350 e. The second kappa shape index (κ2) is 5.81. The van der Waals surface area contributed by atoms with Gasteiger partial charge in [0.15, 0.2) is 0 Å². The number of nitrogens with zero attached hydrogens (tertiary/aromatic N) is 3. The fourth-order valence-corrected chi connectivity index (χ4v) is 3.67. The Morgan fingerprint density at radius 3 is 2.28 bits per heavy atom. The van der Waals surface area contributed by atoms with Gasteiger partial charge in [-0.25, -0.2) is 0 Å².